The van der Waals surface area contributed by atoms with E-state index in [1.54, 1.807) is 6.92 Å². The first-order valence-corrected chi connectivity index (χ1v) is 8.67. The summed E-state index contributed by atoms with van der Waals surface area (Å²) >= 11 is 0. The van der Waals surface area contributed by atoms with Crippen LogP contribution < -0.4 is 10.2 Å². The number of hydrogen-bond donors (Lipinski definition) is 1. The lowest BCUT2D eigenvalue weighted by Crippen LogP contribution is -2.47. The minimum absolute atomic E-state index is 0.0284. The monoisotopic (exact) mass is 343 g/mol. The van der Waals surface area contributed by atoms with E-state index in [-0.39, 0.29) is 12.1 Å². The molecule has 25 heavy (non-hydrogen) atoms. The van der Waals surface area contributed by atoms with E-state index in [4.69, 9.17) is 4.52 Å². The van der Waals surface area contributed by atoms with Crippen molar-refractivity contribution in [3.63, 3.8) is 0 Å². The molecule has 0 spiro atoms. The van der Waals surface area contributed by atoms with Crippen LogP contribution in [0.4, 0.5) is 10.5 Å². The summed E-state index contributed by atoms with van der Waals surface area (Å²) in [6.45, 7) is 5.90. The van der Waals surface area contributed by atoms with Crippen LogP contribution in [0.2, 0.25) is 0 Å². The highest BCUT2D eigenvalue weighted by molar-refractivity contribution is 5.75. The quantitative estimate of drug-likeness (QED) is 0.863. The zero-order chi connectivity index (χ0) is 17.8. The van der Waals surface area contributed by atoms with E-state index in [0.717, 1.165) is 13.0 Å². The Labute approximate surface area is 148 Å². The van der Waals surface area contributed by atoms with Gasteiger partial charge in [0.25, 0.3) is 0 Å². The van der Waals surface area contributed by atoms with Gasteiger partial charge in [0.15, 0.2) is 5.82 Å². The van der Waals surface area contributed by atoms with Crippen LogP contribution in [0.1, 0.15) is 30.6 Å². The van der Waals surface area contributed by atoms with Gasteiger partial charge in [-0.15, -0.1) is 0 Å². The normalized spacial score (nSPS) is 17.2. The number of rotatable bonds is 4. The maximum Gasteiger partial charge on any atom is 0.318 e. The number of nitrogens with one attached hydrogen (secondary N) is 1. The third-order valence-corrected chi connectivity index (χ3v) is 4.49. The molecule has 0 saturated heterocycles. The molecule has 7 nitrogen and oxygen atoms in total. The fourth-order valence-corrected chi connectivity index (χ4v) is 3.20. The van der Waals surface area contributed by atoms with E-state index >= 15 is 0 Å². The Balaban J connectivity index is 1.55. The van der Waals surface area contributed by atoms with Crippen molar-refractivity contribution in [2.45, 2.75) is 39.3 Å². The number of urea groups is 1. The smallest absolute Gasteiger partial charge is 0.318 e. The first kappa shape index (κ1) is 17.3. The van der Waals surface area contributed by atoms with Crippen LogP contribution in [0, 0.1) is 6.92 Å². The van der Waals surface area contributed by atoms with Gasteiger partial charge in [0.2, 0.25) is 5.89 Å². The molecule has 0 aliphatic carbocycles. The van der Waals surface area contributed by atoms with E-state index in [9.17, 15) is 4.79 Å². The lowest BCUT2D eigenvalue weighted by Gasteiger charge is -2.28. The van der Waals surface area contributed by atoms with Crippen LogP contribution in [0.25, 0.3) is 0 Å². The number of benzene rings is 1. The molecule has 1 aliphatic heterocycles. The van der Waals surface area contributed by atoms with E-state index in [1.807, 2.05) is 17.0 Å². The van der Waals surface area contributed by atoms with Crippen molar-refractivity contribution in [1.29, 1.82) is 0 Å². The van der Waals surface area contributed by atoms with E-state index in [0.29, 0.717) is 31.2 Å². The number of aromatic nitrogens is 2. The van der Waals surface area contributed by atoms with Crippen molar-refractivity contribution in [2.75, 3.05) is 25.0 Å². The van der Waals surface area contributed by atoms with E-state index < -0.39 is 0 Å². The Hall–Kier alpha value is -2.57. The second-order valence-electron chi connectivity index (χ2n) is 6.56. The summed E-state index contributed by atoms with van der Waals surface area (Å²) in [4.78, 5) is 20.9. The molecule has 0 unspecified atom stereocenters. The van der Waals surface area contributed by atoms with Gasteiger partial charge in [-0.3, -0.25) is 0 Å². The van der Waals surface area contributed by atoms with Gasteiger partial charge in [0.1, 0.15) is 0 Å². The molecule has 7 heteroatoms. The van der Waals surface area contributed by atoms with Crippen molar-refractivity contribution >= 4 is 11.7 Å². The van der Waals surface area contributed by atoms with Crippen molar-refractivity contribution < 1.29 is 9.32 Å². The fraction of sp³-hybridized carbons (Fsp3) is 0.500. The van der Waals surface area contributed by atoms with Gasteiger partial charge in [-0.05, 0) is 31.9 Å². The van der Waals surface area contributed by atoms with Gasteiger partial charge in [0, 0.05) is 44.8 Å². The molecule has 1 N–H and O–H groups in total. The maximum atomic E-state index is 12.6. The summed E-state index contributed by atoms with van der Waals surface area (Å²) in [6.07, 6.45) is 1.44. The number of aryl methyl sites for hydroxylation is 2. The van der Waals surface area contributed by atoms with Crippen LogP contribution in [-0.4, -0.2) is 47.3 Å². The number of nitrogens with zero attached hydrogens (tertiary/aromatic N) is 4. The molecule has 1 aromatic carbocycles. The Bertz CT molecular complexity index is 730. The molecule has 2 aromatic rings. The number of para-hydroxylation sites is 1. The number of carbonyl (C=O) groups is 1. The summed E-state index contributed by atoms with van der Waals surface area (Å²) in [7, 11) is 2.07. The standard InChI is InChI=1S/C18H25N5O2/c1-13-11-22(3)16-8-5-4-7-15(16)12-23(13)18(24)19-10-6-9-17-20-14(2)21-25-17/h4-5,7-8,13H,6,9-12H2,1-3H3,(H,19,24)/t13-/m1/s1. The molecule has 2 amide bonds. The Morgan fingerprint density at radius 3 is 2.96 bits per heavy atom. The van der Waals surface area contributed by atoms with Crippen LogP contribution in [0.5, 0.6) is 0 Å². The third kappa shape index (κ3) is 4.10. The van der Waals surface area contributed by atoms with Gasteiger partial charge in [-0.2, -0.15) is 4.98 Å². The molecule has 3 rings (SSSR count). The topological polar surface area (TPSA) is 74.5 Å². The van der Waals surface area contributed by atoms with Gasteiger partial charge in [0.05, 0.1) is 0 Å². The predicted molar refractivity (Wildman–Crippen MR) is 95.5 cm³/mol. The average molecular weight is 343 g/mol. The average Bonchev–Trinajstić information content (AvgIpc) is 2.96. The minimum Gasteiger partial charge on any atom is -0.372 e. The van der Waals surface area contributed by atoms with Gasteiger partial charge < -0.3 is 19.6 Å². The Morgan fingerprint density at radius 1 is 1.40 bits per heavy atom. The highest BCUT2D eigenvalue weighted by atomic mass is 16.5. The molecule has 0 saturated carbocycles. The third-order valence-electron chi connectivity index (χ3n) is 4.49. The molecule has 1 aromatic heterocycles. The molecule has 1 atom stereocenters. The zero-order valence-corrected chi connectivity index (χ0v) is 15.0. The first-order chi connectivity index (χ1) is 12.0. The van der Waals surface area contributed by atoms with Crippen molar-refractivity contribution in [2.24, 2.45) is 0 Å². The van der Waals surface area contributed by atoms with Crippen LogP contribution in [0.15, 0.2) is 28.8 Å². The second kappa shape index (κ2) is 7.55. The summed E-state index contributed by atoms with van der Waals surface area (Å²) in [5, 5.41) is 6.78. The van der Waals surface area contributed by atoms with Crippen LogP contribution in [0.3, 0.4) is 0 Å². The first-order valence-electron chi connectivity index (χ1n) is 8.67. The SMILES string of the molecule is Cc1noc(CCCNC(=O)N2Cc3ccccc3N(C)C[C@H]2C)n1. The number of likely N-dealkylation sites (N-methyl/N-ethyl adjacent to an activating group) is 1. The second-order valence-corrected chi connectivity index (χ2v) is 6.56. The lowest BCUT2D eigenvalue weighted by molar-refractivity contribution is 0.178. The number of fused-ring (bicyclic) bond motifs is 1. The van der Waals surface area contributed by atoms with Crippen LogP contribution in [-0.2, 0) is 13.0 Å². The fourth-order valence-electron chi connectivity index (χ4n) is 3.20. The highest BCUT2D eigenvalue weighted by Crippen LogP contribution is 2.25. The lowest BCUT2D eigenvalue weighted by atomic mass is 10.1. The molecule has 2 heterocycles. The maximum absolute atomic E-state index is 12.6. The zero-order valence-electron chi connectivity index (χ0n) is 15.0. The van der Waals surface area contributed by atoms with Crippen molar-refractivity contribution in [3.05, 3.63) is 41.5 Å². The van der Waals surface area contributed by atoms with Crippen molar-refractivity contribution in [3.8, 4) is 0 Å². The molecule has 0 bridgehead atoms. The molecule has 0 fully saturated rings. The Morgan fingerprint density at radius 2 is 2.20 bits per heavy atom. The number of amides is 2. The largest absolute Gasteiger partial charge is 0.372 e. The molecule has 0 radical (unpaired) electrons. The highest BCUT2D eigenvalue weighted by Gasteiger charge is 2.26. The number of hydrogen-bond acceptors (Lipinski definition) is 5. The summed E-state index contributed by atoms with van der Waals surface area (Å²) in [5.74, 6) is 1.26. The van der Waals surface area contributed by atoms with E-state index in [1.165, 1.54) is 11.3 Å². The van der Waals surface area contributed by atoms with Crippen LogP contribution >= 0.6 is 0 Å². The van der Waals surface area contributed by atoms with Gasteiger partial charge in [-0.25, -0.2) is 4.79 Å². The predicted octanol–water partition coefficient (Wildman–Crippen LogP) is 2.36. The molecular formula is C18H25N5O2. The summed E-state index contributed by atoms with van der Waals surface area (Å²) in [6, 6.07) is 8.35. The number of carbonyl (C=O) groups excluding carboxylic acids is 1. The summed E-state index contributed by atoms with van der Waals surface area (Å²) in [5.41, 5.74) is 2.36. The Kier molecular flexibility index (Phi) is 5.21. The minimum atomic E-state index is -0.0284. The number of anilines is 1. The summed E-state index contributed by atoms with van der Waals surface area (Å²) < 4.78 is 5.08. The van der Waals surface area contributed by atoms with Gasteiger partial charge >= 0.3 is 6.03 Å². The van der Waals surface area contributed by atoms with Crippen molar-refractivity contribution in [1.82, 2.24) is 20.4 Å². The molecule has 134 valence electrons. The molecule has 1 aliphatic rings. The van der Waals surface area contributed by atoms with E-state index in [2.05, 4.69) is 46.5 Å². The molecular weight excluding hydrogens is 318 g/mol. The van der Waals surface area contributed by atoms with Gasteiger partial charge in [-0.1, -0.05) is 23.4 Å².